The zero-order valence-corrected chi connectivity index (χ0v) is 18.2. The van der Waals surface area contributed by atoms with Crippen molar-refractivity contribution in [2.24, 2.45) is 5.10 Å². The van der Waals surface area contributed by atoms with Gasteiger partial charge >= 0.3 is 0 Å². The van der Waals surface area contributed by atoms with E-state index in [-0.39, 0.29) is 12.5 Å². The predicted molar refractivity (Wildman–Crippen MR) is 121 cm³/mol. The molecule has 0 saturated heterocycles. The Bertz CT molecular complexity index is 1220. The second-order valence-corrected chi connectivity index (χ2v) is 7.35. The molecule has 4 aromatic rings. The number of carbonyl (C=O) groups excluding carboxylic acids is 1. The van der Waals surface area contributed by atoms with Crippen LogP contribution in [-0.2, 0) is 4.79 Å². The van der Waals surface area contributed by atoms with Crippen molar-refractivity contribution in [3.8, 4) is 28.6 Å². The first-order valence-corrected chi connectivity index (χ1v) is 10.8. The summed E-state index contributed by atoms with van der Waals surface area (Å²) >= 11 is 1.42. The molecule has 8 nitrogen and oxygen atoms in total. The molecule has 4 rings (SSSR count). The molecule has 2 aromatic heterocycles. The molecule has 0 aliphatic heterocycles. The minimum atomic E-state index is -0.399. The Balaban J connectivity index is 1.61. The van der Waals surface area contributed by atoms with Crippen LogP contribution in [0.2, 0.25) is 0 Å². The van der Waals surface area contributed by atoms with Gasteiger partial charge in [-0.3, -0.25) is 14.3 Å². The zero-order valence-electron chi connectivity index (χ0n) is 17.3. The molecule has 2 aromatic carbocycles. The van der Waals surface area contributed by atoms with Crippen molar-refractivity contribution in [2.75, 3.05) is 13.2 Å². The van der Waals surface area contributed by atoms with E-state index in [0.29, 0.717) is 11.4 Å². The van der Waals surface area contributed by atoms with Gasteiger partial charge in [0.25, 0.3) is 5.91 Å². The summed E-state index contributed by atoms with van der Waals surface area (Å²) in [6.45, 7) is 2.33. The fourth-order valence-electron chi connectivity index (χ4n) is 2.95. The summed E-state index contributed by atoms with van der Waals surface area (Å²) in [4.78, 5) is 20.7. The molecule has 1 N–H and O–H groups in total. The Kier molecular flexibility index (Phi) is 6.88. The summed E-state index contributed by atoms with van der Waals surface area (Å²) in [5.41, 5.74) is 5.45. The average molecular weight is 448 g/mol. The van der Waals surface area contributed by atoms with E-state index in [1.807, 2.05) is 71.5 Å². The highest BCUT2D eigenvalue weighted by atomic mass is 32.1. The number of amides is 1. The van der Waals surface area contributed by atoms with E-state index in [0.717, 1.165) is 22.7 Å². The molecule has 0 fully saturated rings. The van der Waals surface area contributed by atoms with Crippen molar-refractivity contribution in [3.05, 3.63) is 83.4 Å². The highest BCUT2D eigenvalue weighted by molar-refractivity contribution is 7.07. The van der Waals surface area contributed by atoms with Crippen LogP contribution in [0.25, 0.3) is 16.9 Å². The van der Waals surface area contributed by atoms with Crippen LogP contribution in [0, 0.1) is 0 Å². The third-order valence-electron chi connectivity index (χ3n) is 4.35. The molecule has 0 unspecified atom stereocenters. The van der Waals surface area contributed by atoms with Gasteiger partial charge in [-0.15, -0.1) is 16.4 Å². The molecule has 9 heteroatoms. The van der Waals surface area contributed by atoms with Crippen LogP contribution < -0.4 is 19.7 Å². The Morgan fingerprint density at radius 1 is 1.09 bits per heavy atom. The van der Waals surface area contributed by atoms with Crippen LogP contribution in [0.3, 0.4) is 0 Å². The van der Waals surface area contributed by atoms with Crippen LogP contribution in [0.5, 0.6) is 11.6 Å². The van der Waals surface area contributed by atoms with Crippen LogP contribution in [0.1, 0.15) is 6.92 Å². The summed E-state index contributed by atoms with van der Waals surface area (Å²) < 4.78 is 12.9. The largest absolute Gasteiger partial charge is 0.494 e. The molecule has 0 bridgehead atoms. The molecule has 162 valence electrons. The maximum atomic E-state index is 12.2. The van der Waals surface area contributed by atoms with E-state index in [1.54, 1.807) is 0 Å². The number of aromatic nitrogens is 3. The van der Waals surface area contributed by atoms with Gasteiger partial charge in [-0.2, -0.15) is 0 Å². The van der Waals surface area contributed by atoms with Gasteiger partial charge in [0.1, 0.15) is 5.75 Å². The number of nitrogens with one attached hydrogen (secondary N) is 1. The molecule has 0 atom stereocenters. The Morgan fingerprint density at radius 3 is 2.62 bits per heavy atom. The average Bonchev–Trinajstić information content (AvgIpc) is 3.27. The van der Waals surface area contributed by atoms with Crippen molar-refractivity contribution >= 4 is 17.2 Å². The Hall–Kier alpha value is -3.98. The lowest BCUT2D eigenvalue weighted by atomic mass is 10.1. The number of thiazole rings is 1. The van der Waals surface area contributed by atoms with Crippen LogP contribution in [0.4, 0.5) is 0 Å². The van der Waals surface area contributed by atoms with Gasteiger partial charge in [-0.1, -0.05) is 30.3 Å². The minimum Gasteiger partial charge on any atom is -0.494 e. The van der Waals surface area contributed by atoms with E-state index in [9.17, 15) is 4.79 Å². The first kappa shape index (κ1) is 21.3. The molecule has 0 radical (unpaired) electrons. The quantitative estimate of drug-likeness (QED) is 0.418. The number of hydrogen-bond acceptors (Lipinski definition) is 7. The van der Waals surface area contributed by atoms with Crippen LogP contribution in [-0.4, -0.2) is 33.7 Å². The molecule has 0 aliphatic carbocycles. The molecule has 2 heterocycles. The third-order valence-corrected chi connectivity index (χ3v) is 5.18. The smallest absolute Gasteiger partial charge is 0.278 e. The van der Waals surface area contributed by atoms with Crippen molar-refractivity contribution in [1.82, 2.24) is 20.0 Å². The fraction of sp³-hybridized carbons (Fsp3) is 0.130. The lowest BCUT2D eigenvalue weighted by Gasteiger charge is -2.10. The first-order chi connectivity index (χ1) is 15.7. The maximum absolute atomic E-state index is 12.2. The Morgan fingerprint density at radius 2 is 1.91 bits per heavy atom. The summed E-state index contributed by atoms with van der Waals surface area (Å²) in [5.74, 6) is 0.666. The van der Waals surface area contributed by atoms with E-state index < -0.39 is 5.91 Å². The van der Waals surface area contributed by atoms with E-state index in [2.05, 4.69) is 20.5 Å². The van der Waals surface area contributed by atoms with E-state index >= 15 is 0 Å². The predicted octanol–water partition coefficient (Wildman–Crippen LogP) is 3.41. The molecule has 1 amide bonds. The van der Waals surface area contributed by atoms with Crippen molar-refractivity contribution in [3.63, 3.8) is 0 Å². The minimum absolute atomic E-state index is 0.220. The fourth-order valence-corrected chi connectivity index (χ4v) is 3.81. The summed E-state index contributed by atoms with van der Waals surface area (Å²) in [5, 5.41) is 6.34. The van der Waals surface area contributed by atoms with Gasteiger partial charge < -0.3 is 9.47 Å². The first-order valence-electron chi connectivity index (χ1n) is 9.95. The van der Waals surface area contributed by atoms with Crippen LogP contribution in [0.15, 0.2) is 83.7 Å². The summed E-state index contributed by atoms with van der Waals surface area (Å²) in [6, 6.07) is 17.7. The van der Waals surface area contributed by atoms with Crippen LogP contribution >= 0.6 is 11.3 Å². The summed E-state index contributed by atoms with van der Waals surface area (Å²) in [7, 11) is 0. The van der Waals surface area contributed by atoms with Crippen molar-refractivity contribution < 1.29 is 14.3 Å². The lowest BCUT2D eigenvalue weighted by molar-refractivity contribution is -0.123. The molecule has 0 saturated carbocycles. The lowest BCUT2D eigenvalue weighted by Crippen LogP contribution is -2.28. The normalized spacial score (nSPS) is 11.2. The molecule has 0 aliphatic rings. The molecule has 0 spiro atoms. The Labute approximate surface area is 188 Å². The van der Waals surface area contributed by atoms with Gasteiger partial charge in [-0.25, -0.2) is 10.4 Å². The number of benzene rings is 2. The monoisotopic (exact) mass is 447 g/mol. The van der Waals surface area contributed by atoms with E-state index in [1.165, 1.54) is 29.9 Å². The van der Waals surface area contributed by atoms with Crippen molar-refractivity contribution in [1.29, 1.82) is 0 Å². The second-order valence-electron chi connectivity index (χ2n) is 6.51. The molecular formula is C23H21N5O3S. The number of hydrogen-bond donors (Lipinski definition) is 1. The highest BCUT2D eigenvalue weighted by Crippen LogP contribution is 2.24. The molecule has 32 heavy (non-hydrogen) atoms. The van der Waals surface area contributed by atoms with Gasteiger partial charge in [0, 0.05) is 23.5 Å². The number of rotatable bonds is 8. The van der Waals surface area contributed by atoms with Gasteiger partial charge in [0.2, 0.25) is 10.7 Å². The number of ether oxygens (including phenoxy) is 2. The van der Waals surface area contributed by atoms with Gasteiger partial charge in [-0.05, 0) is 36.8 Å². The standard InChI is InChI=1S/C23H21N5O3S/c1-2-30-19-10-8-18(9-11-19)28-20(17-6-4-3-5-7-17)16-32-23(28)27-26-21(29)15-31-22-14-24-12-13-25-22/h3-14,16H,2,15H2,1H3,(H,26,29)/b27-23-. The zero-order chi connectivity index (χ0) is 22.2. The van der Waals surface area contributed by atoms with Crippen molar-refractivity contribution in [2.45, 2.75) is 6.92 Å². The van der Waals surface area contributed by atoms with Gasteiger partial charge in [0.15, 0.2) is 6.61 Å². The third kappa shape index (κ3) is 5.19. The maximum Gasteiger partial charge on any atom is 0.278 e. The number of carbonyl (C=O) groups is 1. The second kappa shape index (κ2) is 10.4. The molecular weight excluding hydrogens is 426 g/mol. The SMILES string of the molecule is CCOc1ccc(-n2c(-c3ccccc3)cs/c2=N\NC(=O)COc2cnccn2)cc1. The van der Waals surface area contributed by atoms with E-state index in [4.69, 9.17) is 9.47 Å². The summed E-state index contributed by atoms with van der Waals surface area (Å²) in [6.07, 6.45) is 4.47. The topological polar surface area (TPSA) is 90.6 Å². The van der Waals surface area contributed by atoms with Gasteiger partial charge in [0.05, 0.1) is 18.5 Å². The highest BCUT2D eigenvalue weighted by Gasteiger charge is 2.11. The number of nitrogens with zero attached hydrogens (tertiary/aromatic N) is 4.